The van der Waals surface area contributed by atoms with Gasteiger partial charge in [-0.1, -0.05) is 0 Å². The van der Waals surface area contributed by atoms with Gasteiger partial charge in [0.1, 0.15) is 6.04 Å². The highest BCUT2D eigenvalue weighted by Crippen LogP contribution is 2.24. The molecule has 0 aliphatic heterocycles. The van der Waals surface area contributed by atoms with Crippen molar-refractivity contribution < 1.29 is 9.53 Å². The standard InChI is InChI=1S/C14H18N2O2S/c1-10(14(17)15-6-7-18-2)16-12-3-4-13-11(9-12)5-8-19-13/h3-5,8-10,16H,6-7H2,1-2H3,(H,15,17). The summed E-state index contributed by atoms with van der Waals surface area (Å²) >= 11 is 1.71. The summed E-state index contributed by atoms with van der Waals surface area (Å²) < 4.78 is 6.15. The number of hydrogen-bond acceptors (Lipinski definition) is 4. The first kappa shape index (κ1) is 13.8. The number of fused-ring (bicyclic) bond motifs is 1. The Hall–Kier alpha value is -1.59. The van der Waals surface area contributed by atoms with Crippen LogP contribution in [0.4, 0.5) is 5.69 Å². The van der Waals surface area contributed by atoms with Gasteiger partial charge in [-0.2, -0.15) is 0 Å². The summed E-state index contributed by atoms with van der Waals surface area (Å²) in [6.07, 6.45) is 0. The van der Waals surface area contributed by atoms with E-state index in [0.29, 0.717) is 13.2 Å². The summed E-state index contributed by atoms with van der Waals surface area (Å²) in [4.78, 5) is 11.8. The highest BCUT2D eigenvalue weighted by atomic mass is 32.1. The number of anilines is 1. The van der Waals surface area contributed by atoms with Crippen molar-refractivity contribution in [1.82, 2.24) is 5.32 Å². The largest absolute Gasteiger partial charge is 0.383 e. The minimum absolute atomic E-state index is 0.0255. The average molecular weight is 278 g/mol. The zero-order valence-electron chi connectivity index (χ0n) is 11.1. The average Bonchev–Trinajstić information content (AvgIpc) is 2.86. The smallest absolute Gasteiger partial charge is 0.242 e. The maximum absolute atomic E-state index is 11.8. The van der Waals surface area contributed by atoms with E-state index in [1.54, 1.807) is 18.4 Å². The fourth-order valence-electron chi connectivity index (χ4n) is 1.80. The van der Waals surface area contributed by atoms with Gasteiger partial charge in [-0.3, -0.25) is 4.79 Å². The van der Waals surface area contributed by atoms with E-state index in [0.717, 1.165) is 5.69 Å². The van der Waals surface area contributed by atoms with E-state index in [-0.39, 0.29) is 11.9 Å². The van der Waals surface area contributed by atoms with Gasteiger partial charge in [-0.25, -0.2) is 0 Å². The SMILES string of the molecule is COCCNC(=O)C(C)Nc1ccc2sccc2c1. The van der Waals surface area contributed by atoms with Crippen molar-refractivity contribution in [2.75, 3.05) is 25.6 Å². The molecule has 102 valence electrons. The van der Waals surface area contributed by atoms with Crippen molar-refractivity contribution in [3.63, 3.8) is 0 Å². The topological polar surface area (TPSA) is 50.4 Å². The molecule has 1 aromatic heterocycles. The van der Waals surface area contributed by atoms with Crippen LogP contribution in [0.1, 0.15) is 6.92 Å². The number of thiophene rings is 1. The first-order valence-corrected chi connectivity index (χ1v) is 7.09. The number of amides is 1. The molecule has 0 saturated carbocycles. The van der Waals surface area contributed by atoms with Gasteiger partial charge >= 0.3 is 0 Å². The first-order valence-electron chi connectivity index (χ1n) is 6.21. The summed E-state index contributed by atoms with van der Waals surface area (Å²) in [5.41, 5.74) is 0.959. The molecule has 0 fully saturated rings. The summed E-state index contributed by atoms with van der Waals surface area (Å²) in [6, 6.07) is 7.93. The minimum atomic E-state index is -0.270. The second-order valence-electron chi connectivity index (χ2n) is 4.32. The molecule has 1 unspecified atom stereocenters. The Balaban J connectivity index is 1.93. The molecule has 5 heteroatoms. The summed E-state index contributed by atoms with van der Waals surface area (Å²) in [5, 5.41) is 9.27. The third-order valence-corrected chi connectivity index (χ3v) is 3.73. The molecule has 0 saturated heterocycles. The second kappa shape index (κ2) is 6.54. The van der Waals surface area contributed by atoms with Gasteiger partial charge in [-0.05, 0) is 42.0 Å². The molecule has 2 N–H and O–H groups in total. The molecular weight excluding hydrogens is 260 g/mol. The van der Waals surface area contributed by atoms with E-state index < -0.39 is 0 Å². The quantitative estimate of drug-likeness (QED) is 0.798. The predicted octanol–water partition coefficient (Wildman–Crippen LogP) is 2.46. The lowest BCUT2D eigenvalue weighted by Gasteiger charge is -2.15. The molecule has 0 bridgehead atoms. The lowest BCUT2D eigenvalue weighted by molar-refractivity contribution is -0.121. The van der Waals surface area contributed by atoms with Gasteiger partial charge in [0.2, 0.25) is 5.91 Å². The number of carbonyl (C=O) groups is 1. The van der Waals surface area contributed by atoms with Crippen LogP contribution in [-0.2, 0) is 9.53 Å². The van der Waals surface area contributed by atoms with Crippen LogP contribution in [0.25, 0.3) is 10.1 Å². The van der Waals surface area contributed by atoms with Gasteiger partial charge in [-0.15, -0.1) is 11.3 Å². The van der Waals surface area contributed by atoms with Crippen molar-refractivity contribution in [2.45, 2.75) is 13.0 Å². The van der Waals surface area contributed by atoms with Crippen molar-refractivity contribution in [3.05, 3.63) is 29.6 Å². The lowest BCUT2D eigenvalue weighted by atomic mass is 10.2. The van der Waals surface area contributed by atoms with Crippen LogP contribution in [0, 0.1) is 0 Å². The Labute approximate surface area is 116 Å². The molecule has 4 nitrogen and oxygen atoms in total. The van der Waals surface area contributed by atoms with E-state index in [9.17, 15) is 4.79 Å². The monoisotopic (exact) mass is 278 g/mol. The summed E-state index contributed by atoms with van der Waals surface area (Å²) in [6.45, 7) is 2.91. The number of nitrogens with one attached hydrogen (secondary N) is 2. The second-order valence-corrected chi connectivity index (χ2v) is 5.27. The molecule has 2 aromatic rings. The zero-order valence-corrected chi connectivity index (χ0v) is 11.9. The van der Waals surface area contributed by atoms with Crippen LogP contribution in [0.5, 0.6) is 0 Å². The Morgan fingerprint density at radius 1 is 1.42 bits per heavy atom. The van der Waals surface area contributed by atoms with E-state index in [1.165, 1.54) is 10.1 Å². The van der Waals surface area contributed by atoms with Crippen LogP contribution >= 0.6 is 11.3 Å². The molecule has 1 aromatic carbocycles. The Kier molecular flexibility index (Phi) is 4.76. The van der Waals surface area contributed by atoms with Crippen LogP contribution in [-0.4, -0.2) is 32.2 Å². The van der Waals surface area contributed by atoms with Gasteiger partial charge in [0, 0.05) is 24.0 Å². The zero-order chi connectivity index (χ0) is 13.7. The molecule has 2 rings (SSSR count). The van der Waals surface area contributed by atoms with Crippen molar-refractivity contribution in [1.29, 1.82) is 0 Å². The van der Waals surface area contributed by atoms with Gasteiger partial charge < -0.3 is 15.4 Å². The normalized spacial score (nSPS) is 12.3. The summed E-state index contributed by atoms with van der Waals surface area (Å²) in [5.74, 6) is -0.0255. The number of rotatable bonds is 6. The third-order valence-electron chi connectivity index (χ3n) is 2.83. The molecule has 1 amide bonds. The van der Waals surface area contributed by atoms with Crippen molar-refractivity contribution >= 4 is 33.0 Å². The number of ether oxygens (including phenoxy) is 1. The van der Waals surface area contributed by atoms with Crippen LogP contribution < -0.4 is 10.6 Å². The van der Waals surface area contributed by atoms with Gasteiger partial charge in [0.25, 0.3) is 0 Å². The van der Waals surface area contributed by atoms with Crippen molar-refractivity contribution in [3.8, 4) is 0 Å². The van der Waals surface area contributed by atoms with E-state index >= 15 is 0 Å². The highest BCUT2D eigenvalue weighted by Gasteiger charge is 2.11. The molecule has 1 heterocycles. The van der Waals surface area contributed by atoms with E-state index in [1.807, 2.05) is 13.0 Å². The minimum Gasteiger partial charge on any atom is -0.383 e. The molecule has 0 aliphatic carbocycles. The van der Waals surface area contributed by atoms with Crippen LogP contribution in [0.3, 0.4) is 0 Å². The fourth-order valence-corrected chi connectivity index (χ4v) is 2.57. The van der Waals surface area contributed by atoms with Crippen LogP contribution in [0.2, 0.25) is 0 Å². The maximum Gasteiger partial charge on any atom is 0.242 e. The summed E-state index contributed by atoms with van der Waals surface area (Å²) in [7, 11) is 1.61. The first-order chi connectivity index (χ1) is 9.20. The molecule has 1 atom stereocenters. The van der Waals surface area contributed by atoms with Gasteiger partial charge in [0.15, 0.2) is 0 Å². The fraction of sp³-hybridized carbons (Fsp3) is 0.357. The lowest BCUT2D eigenvalue weighted by Crippen LogP contribution is -2.39. The van der Waals surface area contributed by atoms with E-state index in [4.69, 9.17) is 4.74 Å². The molecule has 0 spiro atoms. The number of hydrogen-bond donors (Lipinski definition) is 2. The maximum atomic E-state index is 11.8. The Morgan fingerprint density at radius 3 is 3.05 bits per heavy atom. The molecule has 19 heavy (non-hydrogen) atoms. The van der Waals surface area contributed by atoms with Crippen molar-refractivity contribution in [2.24, 2.45) is 0 Å². The number of carbonyl (C=O) groups excluding carboxylic acids is 1. The predicted molar refractivity (Wildman–Crippen MR) is 79.8 cm³/mol. The van der Waals surface area contributed by atoms with E-state index in [2.05, 4.69) is 34.2 Å². The van der Waals surface area contributed by atoms with Gasteiger partial charge in [0.05, 0.1) is 6.61 Å². The molecule has 0 radical (unpaired) electrons. The number of benzene rings is 1. The Bertz CT molecular complexity index is 553. The third kappa shape index (κ3) is 3.68. The highest BCUT2D eigenvalue weighted by molar-refractivity contribution is 7.17. The van der Waals surface area contributed by atoms with Crippen LogP contribution in [0.15, 0.2) is 29.6 Å². The number of methoxy groups -OCH3 is 1. The molecular formula is C14H18N2O2S. The molecule has 0 aliphatic rings. The Morgan fingerprint density at radius 2 is 2.26 bits per heavy atom.